The number of alkyl carbamates (subject to hydrolysis) is 1. The first-order chi connectivity index (χ1) is 36.2. The van der Waals surface area contributed by atoms with Gasteiger partial charge in [-0.05, 0) is 116 Å². The second-order valence-corrected chi connectivity index (χ2v) is 23.4. The summed E-state index contributed by atoms with van der Waals surface area (Å²) in [6.07, 6.45) is -0.212. The molecule has 10 rings (SSSR count). The smallest absolute Gasteiger partial charge is 0.407 e. The van der Waals surface area contributed by atoms with Crippen molar-refractivity contribution in [2.45, 2.75) is 146 Å². The molecule has 0 radical (unpaired) electrons. The molecule has 7 fully saturated rings. The number of alkyl halides is 1. The number of ether oxygens (including phenoxy) is 5. The van der Waals surface area contributed by atoms with Crippen LogP contribution in [0.4, 0.5) is 10.5 Å². The Bertz CT molecular complexity index is 2690. The molecule has 14 atom stereocenters. The number of allylic oxidation sites excluding steroid dienone is 4. The van der Waals surface area contributed by atoms with E-state index in [1.54, 1.807) is 12.2 Å². The number of aliphatic carboxylic acids is 1. The number of aliphatic hydroxyl groups excluding tert-OH is 5. The van der Waals surface area contributed by atoms with E-state index in [2.05, 4.69) is 50.9 Å². The van der Waals surface area contributed by atoms with Gasteiger partial charge in [0, 0.05) is 41.3 Å². The van der Waals surface area contributed by atoms with Crippen LogP contribution in [0.25, 0.3) is 0 Å². The summed E-state index contributed by atoms with van der Waals surface area (Å²) in [5.41, 5.74) is 0.879. The molecule has 21 heteroatoms. The SMILES string of the molecule is C[C@]12C=CC(=O)C=C1CC[C@@H]1[C@@H]2[C@@H](O)C[C@@]2(C)[C@H]1C[C@H]1O[C@@H](c3ccc(CC4CC5(C4)CC(NC(=O)OCc4ccc(O[C@@H]6O[C@H](C(=O)O)[C@@H](O)[C@H](O)[C@H]6O)c(NC(=O)CCNC(=O)CBr)c4)C5)cc3)O[C@]12C(=O)CO. The zero-order valence-corrected chi connectivity index (χ0v) is 43.8. The maximum Gasteiger partial charge on any atom is 0.407 e. The van der Waals surface area contributed by atoms with Gasteiger partial charge in [0.15, 0.2) is 29.6 Å². The van der Waals surface area contributed by atoms with Crippen molar-refractivity contribution in [1.29, 1.82) is 0 Å². The monoisotopic (exact) mass is 1120 g/mol. The van der Waals surface area contributed by atoms with E-state index < -0.39 is 96.0 Å². The Labute approximate surface area is 447 Å². The Hall–Kier alpha value is -5.10. The lowest BCUT2D eigenvalue weighted by atomic mass is 9.46. The number of rotatable bonds is 16. The van der Waals surface area contributed by atoms with Gasteiger partial charge < -0.3 is 70.3 Å². The molecule has 20 nitrogen and oxygen atoms in total. The number of carboxylic acid groups (broad SMARTS) is 1. The largest absolute Gasteiger partial charge is 0.479 e. The average molecular weight is 1120 g/mol. The van der Waals surface area contributed by atoms with Crippen LogP contribution in [0.2, 0.25) is 0 Å². The molecule has 2 aromatic carbocycles. The first-order valence-corrected chi connectivity index (χ1v) is 27.3. The number of fused-ring (bicyclic) bond motifs is 7. The van der Waals surface area contributed by atoms with Crippen molar-refractivity contribution in [2.24, 2.45) is 39.9 Å². The van der Waals surface area contributed by atoms with Crippen LogP contribution in [-0.2, 0) is 55.9 Å². The Kier molecular flexibility index (Phi) is 14.9. The molecule has 2 heterocycles. The first-order valence-electron chi connectivity index (χ1n) is 26.2. The summed E-state index contributed by atoms with van der Waals surface area (Å²) < 4.78 is 30.0. The molecule has 410 valence electrons. The van der Waals surface area contributed by atoms with Gasteiger partial charge in [0.25, 0.3) is 0 Å². The van der Waals surface area contributed by atoms with Crippen LogP contribution in [0.3, 0.4) is 0 Å². The Balaban J connectivity index is 0.703. The molecule has 0 aromatic heterocycles. The van der Waals surface area contributed by atoms with Gasteiger partial charge in [-0.25, -0.2) is 9.59 Å². The number of amides is 3. The van der Waals surface area contributed by atoms with E-state index in [-0.39, 0.29) is 77.2 Å². The number of anilines is 1. The van der Waals surface area contributed by atoms with E-state index in [1.807, 2.05) is 25.1 Å². The maximum absolute atomic E-state index is 14.0. The quantitative estimate of drug-likeness (QED) is 0.109. The molecule has 5 saturated carbocycles. The highest BCUT2D eigenvalue weighted by Gasteiger charge is 2.76. The number of ketones is 2. The normalized spacial score (nSPS) is 38.7. The topological polar surface area (TPSA) is 306 Å². The van der Waals surface area contributed by atoms with Crippen molar-refractivity contribution in [3.8, 4) is 5.75 Å². The van der Waals surface area contributed by atoms with E-state index in [0.717, 1.165) is 61.6 Å². The van der Waals surface area contributed by atoms with Crippen LogP contribution in [0.15, 0.2) is 66.3 Å². The number of benzene rings is 2. The van der Waals surface area contributed by atoms with Crippen molar-refractivity contribution < 1.29 is 83.1 Å². The highest BCUT2D eigenvalue weighted by molar-refractivity contribution is 9.09. The third-order valence-corrected chi connectivity index (χ3v) is 18.7. The highest BCUT2D eigenvalue weighted by Crippen LogP contribution is 2.70. The number of carboxylic acids is 1. The minimum absolute atomic E-state index is 0.00110. The summed E-state index contributed by atoms with van der Waals surface area (Å²) in [6, 6.07) is 12.3. The van der Waals surface area contributed by atoms with Crippen LogP contribution >= 0.6 is 15.9 Å². The van der Waals surface area contributed by atoms with E-state index in [1.165, 1.54) is 18.2 Å². The second kappa shape index (κ2) is 20.9. The summed E-state index contributed by atoms with van der Waals surface area (Å²) >= 11 is 3.03. The lowest BCUT2D eigenvalue weighted by molar-refractivity contribution is -0.271. The lowest BCUT2D eigenvalue weighted by Gasteiger charge is -2.59. The number of nitrogens with one attached hydrogen (secondary N) is 3. The number of hydrogen-bond donors (Lipinski definition) is 9. The molecule has 3 amide bonds. The number of aliphatic hydroxyl groups is 5. The van der Waals surface area contributed by atoms with Gasteiger partial charge in [-0.15, -0.1) is 0 Å². The van der Waals surface area contributed by atoms with Gasteiger partial charge in [-0.3, -0.25) is 19.2 Å². The van der Waals surface area contributed by atoms with E-state index >= 15 is 0 Å². The molecule has 6 aliphatic carbocycles. The minimum Gasteiger partial charge on any atom is -0.479 e. The lowest BCUT2D eigenvalue weighted by Crippen LogP contribution is -2.63. The van der Waals surface area contributed by atoms with E-state index in [4.69, 9.17) is 23.7 Å². The van der Waals surface area contributed by atoms with Crippen LogP contribution in [0.1, 0.15) is 94.6 Å². The number of Topliss-reactive ketones (excluding diaryl/α,β-unsaturated/α-hetero) is 1. The van der Waals surface area contributed by atoms with Gasteiger partial charge in [-0.2, -0.15) is 0 Å². The van der Waals surface area contributed by atoms with Gasteiger partial charge in [0.1, 0.15) is 37.3 Å². The molecular weight excluding hydrogens is 1050 g/mol. The second-order valence-electron chi connectivity index (χ2n) is 22.8. The van der Waals surface area contributed by atoms with Crippen molar-refractivity contribution in [3.05, 3.63) is 83.0 Å². The number of carbonyl (C=O) groups is 6. The molecule has 0 bridgehead atoms. The minimum atomic E-state index is -1.94. The molecule has 2 aromatic rings. The molecular formula is C55H66BrN3O17. The summed E-state index contributed by atoms with van der Waals surface area (Å²) in [7, 11) is 0. The van der Waals surface area contributed by atoms with Crippen molar-refractivity contribution >= 4 is 57.1 Å². The van der Waals surface area contributed by atoms with Crippen LogP contribution in [-0.4, -0.2) is 139 Å². The molecule has 8 aliphatic rings. The zero-order chi connectivity index (χ0) is 54.1. The maximum atomic E-state index is 14.0. The molecule has 2 saturated heterocycles. The standard InChI is InChI=1S/C55H66BrN3O17/c1-52-13-11-33(61)17-31(52)8-9-34-35-18-40-55(39(63)25-60,53(35,2)23-37(62)43(34)52)76-49(74-40)30-6-3-27(4-7-30)15-29-19-54(20-29)21-32(22-54)58-51(71)72-26-28-5-10-38(36(16-28)59-41(64)12-14-57-42(65)24-56)73-50-46(68)44(66)45(67)47(75-50)48(69)70/h3-7,10-11,13,16-17,29,32,34-35,37,40,43-47,49-50,60,62,66-68H,8-9,12,14-15,18-26H2,1-2H3,(H,57,65)(H,58,71)(H,59,64)(H,69,70)/t29?,32?,34-,35-,37-,40+,43+,44-,45-,46+,47-,49+,50+,52-,53-,54?,55+/m0/s1. The predicted octanol–water partition coefficient (Wildman–Crippen LogP) is 3.43. The Morgan fingerprint density at radius 2 is 1.63 bits per heavy atom. The van der Waals surface area contributed by atoms with Gasteiger partial charge >= 0.3 is 12.1 Å². The average Bonchev–Trinajstić information content (AvgIpc) is 4.08. The third-order valence-electron chi connectivity index (χ3n) is 18.2. The van der Waals surface area contributed by atoms with Crippen LogP contribution in [0, 0.1) is 39.9 Å². The summed E-state index contributed by atoms with van der Waals surface area (Å²) in [4.78, 5) is 75.5. The van der Waals surface area contributed by atoms with Gasteiger partial charge in [0.2, 0.25) is 18.1 Å². The van der Waals surface area contributed by atoms with Gasteiger partial charge in [0.05, 0.1) is 23.2 Å². The molecule has 1 spiro atoms. The van der Waals surface area contributed by atoms with E-state index in [9.17, 15) is 59.4 Å². The van der Waals surface area contributed by atoms with Crippen molar-refractivity contribution in [1.82, 2.24) is 10.6 Å². The molecule has 9 N–H and O–H groups in total. The highest BCUT2D eigenvalue weighted by atomic mass is 79.9. The number of hydrogen-bond acceptors (Lipinski definition) is 16. The molecule has 0 unspecified atom stereocenters. The fourth-order valence-electron chi connectivity index (χ4n) is 14.8. The first kappa shape index (κ1) is 54.3. The molecule has 76 heavy (non-hydrogen) atoms. The third kappa shape index (κ3) is 9.71. The van der Waals surface area contributed by atoms with E-state index in [0.29, 0.717) is 24.3 Å². The molecule has 2 aliphatic heterocycles. The van der Waals surface area contributed by atoms with Gasteiger partial charge in [-0.1, -0.05) is 71.8 Å². The van der Waals surface area contributed by atoms with Crippen molar-refractivity contribution in [3.63, 3.8) is 0 Å². The van der Waals surface area contributed by atoms with Crippen LogP contribution < -0.4 is 20.7 Å². The number of carbonyl (C=O) groups excluding carboxylic acids is 5. The summed E-state index contributed by atoms with van der Waals surface area (Å²) in [6.45, 7) is 3.24. The summed E-state index contributed by atoms with van der Waals surface area (Å²) in [5, 5.41) is 71.0. The van der Waals surface area contributed by atoms with Crippen LogP contribution in [0.5, 0.6) is 5.75 Å². The fourth-order valence-corrected chi connectivity index (χ4v) is 15.0. The Morgan fingerprint density at radius 3 is 2.34 bits per heavy atom. The fraction of sp³-hybridized carbons (Fsp3) is 0.600. The van der Waals surface area contributed by atoms with Crippen molar-refractivity contribution in [2.75, 3.05) is 23.8 Å². The zero-order valence-electron chi connectivity index (χ0n) is 42.2. The summed E-state index contributed by atoms with van der Waals surface area (Å²) in [5.74, 6) is -2.64. The Morgan fingerprint density at radius 1 is 0.895 bits per heavy atom. The predicted molar refractivity (Wildman–Crippen MR) is 270 cm³/mol. The number of halogens is 1.